The minimum absolute atomic E-state index is 0.340. The summed E-state index contributed by atoms with van der Waals surface area (Å²) in [6.45, 7) is 4.14. The highest BCUT2D eigenvalue weighted by Gasteiger charge is 2.09. The maximum Gasteiger partial charge on any atom is 0.181 e. The molecular formula is C11H11BrClN3. The average Bonchev–Trinajstić information content (AvgIpc) is 2.71. The van der Waals surface area contributed by atoms with E-state index in [-0.39, 0.29) is 0 Å². The first-order valence-electron chi connectivity index (χ1n) is 4.95. The zero-order valence-corrected chi connectivity index (χ0v) is 11.3. The lowest BCUT2D eigenvalue weighted by atomic mass is 10.2. The molecule has 1 aromatic carbocycles. The Labute approximate surface area is 107 Å². The van der Waals surface area contributed by atoms with Crippen LogP contribution in [0.5, 0.6) is 0 Å². The van der Waals surface area contributed by atoms with Crippen molar-refractivity contribution in [2.45, 2.75) is 19.8 Å². The molecule has 16 heavy (non-hydrogen) atoms. The highest BCUT2D eigenvalue weighted by Crippen LogP contribution is 2.27. The van der Waals surface area contributed by atoms with Crippen molar-refractivity contribution in [1.29, 1.82) is 0 Å². The van der Waals surface area contributed by atoms with Crippen LogP contribution in [0.25, 0.3) is 11.4 Å². The van der Waals surface area contributed by atoms with Crippen LogP contribution in [0.4, 0.5) is 0 Å². The van der Waals surface area contributed by atoms with Crippen molar-refractivity contribution < 1.29 is 0 Å². The number of rotatable bonds is 2. The van der Waals surface area contributed by atoms with E-state index in [0.717, 1.165) is 15.9 Å². The standard InChI is InChI=1S/C11H11BrClN3/c1-6(2)10-14-11(16-15-10)7-3-4-8(12)9(13)5-7/h3-6H,1-2H3,(H,14,15,16). The van der Waals surface area contributed by atoms with E-state index in [4.69, 9.17) is 11.6 Å². The van der Waals surface area contributed by atoms with Gasteiger partial charge in [-0.15, -0.1) is 0 Å². The molecule has 0 bridgehead atoms. The van der Waals surface area contributed by atoms with Crippen LogP contribution in [0.15, 0.2) is 22.7 Å². The molecule has 1 N–H and O–H groups in total. The molecule has 0 spiro atoms. The fraction of sp³-hybridized carbons (Fsp3) is 0.273. The van der Waals surface area contributed by atoms with Crippen LogP contribution < -0.4 is 0 Å². The van der Waals surface area contributed by atoms with Crippen molar-refractivity contribution in [2.24, 2.45) is 0 Å². The topological polar surface area (TPSA) is 41.6 Å². The van der Waals surface area contributed by atoms with E-state index in [1.165, 1.54) is 0 Å². The minimum Gasteiger partial charge on any atom is -0.262 e. The molecule has 5 heteroatoms. The van der Waals surface area contributed by atoms with E-state index in [1.807, 2.05) is 18.2 Å². The van der Waals surface area contributed by atoms with Gasteiger partial charge in [-0.05, 0) is 34.1 Å². The predicted molar refractivity (Wildman–Crippen MR) is 68.6 cm³/mol. The average molecular weight is 301 g/mol. The van der Waals surface area contributed by atoms with Gasteiger partial charge in [-0.3, -0.25) is 5.10 Å². The molecule has 2 aromatic rings. The van der Waals surface area contributed by atoms with E-state index < -0.39 is 0 Å². The zero-order valence-electron chi connectivity index (χ0n) is 8.96. The Balaban J connectivity index is 2.39. The monoisotopic (exact) mass is 299 g/mol. The van der Waals surface area contributed by atoms with E-state index in [1.54, 1.807) is 0 Å². The highest BCUT2D eigenvalue weighted by atomic mass is 79.9. The van der Waals surface area contributed by atoms with Crippen molar-refractivity contribution in [1.82, 2.24) is 15.2 Å². The van der Waals surface area contributed by atoms with E-state index in [2.05, 4.69) is 45.0 Å². The van der Waals surface area contributed by atoms with Crippen LogP contribution >= 0.6 is 27.5 Å². The molecule has 0 saturated heterocycles. The number of hydrogen-bond donors (Lipinski definition) is 1. The van der Waals surface area contributed by atoms with E-state index in [0.29, 0.717) is 16.8 Å². The van der Waals surface area contributed by atoms with Gasteiger partial charge in [0, 0.05) is 16.0 Å². The molecule has 0 saturated carbocycles. The number of benzene rings is 1. The number of nitrogens with one attached hydrogen (secondary N) is 1. The lowest BCUT2D eigenvalue weighted by molar-refractivity contribution is 0.781. The van der Waals surface area contributed by atoms with Gasteiger partial charge in [-0.1, -0.05) is 25.4 Å². The van der Waals surface area contributed by atoms with E-state index in [9.17, 15) is 0 Å². The number of aromatic nitrogens is 3. The molecule has 0 aliphatic rings. The molecule has 1 heterocycles. The molecule has 3 nitrogen and oxygen atoms in total. The van der Waals surface area contributed by atoms with Gasteiger partial charge in [-0.25, -0.2) is 4.98 Å². The van der Waals surface area contributed by atoms with Crippen molar-refractivity contribution in [3.63, 3.8) is 0 Å². The molecule has 0 aliphatic carbocycles. The fourth-order valence-electron chi connectivity index (χ4n) is 1.30. The van der Waals surface area contributed by atoms with Crippen molar-refractivity contribution >= 4 is 27.5 Å². The largest absolute Gasteiger partial charge is 0.262 e. The van der Waals surface area contributed by atoms with Crippen LogP contribution in [0.2, 0.25) is 5.02 Å². The Morgan fingerprint density at radius 2 is 2.12 bits per heavy atom. The number of hydrogen-bond acceptors (Lipinski definition) is 2. The SMILES string of the molecule is CC(C)c1nc(-c2ccc(Br)c(Cl)c2)n[nH]1. The summed E-state index contributed by atoms with van der Waals surface area (Å²) >= 11 is 9.37. The van der Waals surface area contributed by atoms with Crippen LogP contribution in [0.3, 0.4) is 0 Å². The number of H-pyrrole nitrogens is 1. The maximum atomic E-state index is 6.02. The van der Waals surface area contributed by atoms with Crippen molar-refractivity contribution in [3.8, 4) is 11.4 Å². The second-order valence-corrected chi connectivity index (χ2v) is 5.09. The Hall–Kier alpha value is -0.870. The first kappa shape index (κ1) is 11.6. The zero-order chi connectivity index (χ0) is 11.7. The summed E-state index contributed by atoms with van der Waals surface area (Å²) in [6.07, 6.45) is 0. The normalized spacial score (nSPS) is 11.1. The molecule has 0 aliphatic heterocycles. The van der Waals surface area contributed by atoms with E-state index >= 15 is 0 Å². The third-order valence-corrected chi connectivity index (χ3v) is 3.46. The molecule has 1 aromatic heterocycles. The van der Waals surface area contributed by atoms with Gasteiger partial charge >= 0.3 is 0 Å². The summed E-state index contributed by atoms with van der Waals surface area (Å²) in [7, 11) is 0. The highest BCUT2D eigenvalue weighted by molar-refractivity contribution is 9.10. The molecule has 84 valence electrons. The fourth-order valence-corrected chi connectivity index (χ4v) is 1.72. The summed E-state index contributed by atoms with van der Waals surface area (Å²) in [4.78, 5) is 4.41. The van der Waals surface area contributed by atoms with Gasteiger partial charge in [0.15, 0.2) is 5.82 Å². The first-order valence-corrected chi connectivity index (χ1v) is 6.12. The maximum absolute atomic E-state index is 6.02. The summed E-state index contributed by atoms with van der Waals surface area (Å²) < 4.78 is 0.873. The quantitative estimate of drug-likeness (QED) is 0.910. The predicted octanol–water partition coefficient (Wildman–Crippen LogP) is 4.01. The van der Waals surface area contributed by atoms with Gasteiger partial charge in [0.1, 0.15) is 5.82 Å². The number of halogens is 2. The lowest BCUT2D eigenvalue weighted by Gasteiger charge is -1.99. The third-order valence-electron chi connectivity index (χ3n) is 2.23. The minimum atomic E-state index is 0.340. The second kappa shape index (κ2) is 4.55. The van der Waals surface area contributed by atoms with Gasteiger partial charge in [0.2, 0.25) is 0 Å². The van der Waals surface area contributed by atoms with Crippen LogP contribution in [-0.2, 0) is 0 Å². The molecule has 0 fully saturated rings. The smallest absolute Gasteiger partial charge is 0.181 e. The Morgan fingerprint density at radius 1 is 1.38 bits per heavy atom. The molecule has 2 rings (SSSR count). The molecular weight excluding hydrogens is 289 g/mol. The third kappa shape index (κ3) is 2.28. The van der Waals surface area contributed by atoms with Crippen molar-refractivity contribution in [3.05, 3.63) is 33.5 Å². The van der Waals surface area contributed by atoms with Gasteiger partial charge < -0.3 is 0 Å². The lowest BCUT2D eigenvalue weighted by Crippen LogP contribution is -1.89. The van der Waals surface area contributed by atoms with Crippen LogP contribution in [0.1, 0.15) is 25.6 Å². The molecule has 0 unspecified atom stereocenters. The number of nitrogens with zero attached hydrogens (tertiary/aromatic N) is 2. The van der Waals surface area contributed by atoms with Crippen LogP contribution in [0, 0.1) is 0 Å². The summed E-state index contributed by atoms with van der Waals surface area (Å²) in [6, 6.07) is 5.67. The Bertz CT molecular complexity index is 508. The second-order valence-electron chi connectivity index (χ2n) is 3.83. The Kier molecular flexibility index (Phi) is 3.30. The van der Waals surface area contributed by atoms with Crippen molar-refractivity contribution in [2.75, 3.05) is 0 Å². The van der Waals surface area contributed by atoms with Gasteiger partial charge in [-0.2, -0.15) is 5.10 Å². The van der Waals surface area contributed by atoms with Gasteiger partial charge in [0.05, 0.1) is 5.02 Å². The molecule has 0 radical (unpaired) electrons. The molecule has 0 atom stereocenters. The first-order chi connectivity index (χ1) is 7.58. The Morgan fingerprint density at radius 3 is 2.69 bits per heavy atom. The van der Waals surface area contributed by atoms with Crippen LogP contribution in [-0.4, -0.2) is 15.2 Å². The summed E-state index contributed by atoms with van der Waals surface area (Å²) in [5.41, 5.74) is 0.913. The summed E-state index contributed by atoms with van der Waals surface area (Å²) in [5, 5.41) is 7.75. The molecule has 0 amide bonds. The number of aromatic amines is 1. The summed E-state index contributed by atoms with van der Waals surface area (Å²) in [5.74, 6) is 1.90. The van der Waals surface area contributed by atoms with Gasteiger partial charge in [0.25, 0.3) is 0 Å².